The third-order valence-electron chi connectivity index (χ3n) is 3.37. The smallest absolute Gasteiger partial charge is 0.324 e. The fourth-order valence-corrected chi connectivity index (χ4v) is 3.60. The summed E-state index contributed by atoms with van der Waals surface area (Å²) in [5, 5.41) is 9.33. The average molecular weight is 428 g/mol. The molecule has 0 aliphatic rings. The summed E-state index contributed by atoms with van der Waals surface area (Å²) < 4.78 is 33.2. The topological polar surface area (TPSA) is 92.7 Å². The summed E-state index contributed by atoms with van der Waals surface area (Å²) in [7, 11) is -3.89. The van der Waals surface area contributed by atoms with Gasteiger partial charge in [0.1, 0.15) is 11.8 Å². The van der Waals surface area contributed by atoms with Crippen LogP contribution >= 0.6 is 15.9 Å². The summed E-state index contributed by atoms with van der Waals surface area (Å²) >= 11 is 3.25. The Morgan fingerprint density at radius 2 is 1.76 bits per heavy atom. The third kappa shape index (κ3) is 5.55. The molecule has 0 aliphatic heterocycles. The number of hydrogen-bond donors (Lipinski definition) is 2. The van der Waals surface area contributed by atoms with Gasteiger partial charge in [-0.25, -0.2) is 8.42 Å². The van der Waals surface area contributed by atoms with E-state index in [1.54, 1.807) is 31.2 Å². The van der Waals surface area contributed by atoms with Crippen molar-refractivity contribution in [3.8, 4) is 5.75 Å². The van der Waals surface area contributed by atoms with E-state index >= 15 is 0 Å². The lowest BCUT2D eigenvalue weighted by Gasteiger charge is -2.17. The van der Waals surface area contributed by atoms with E-state index in [1.807, 2.05) is 0 Å². The number of aromatic hydroxyl groups is 1. The normalized spacial score (nSPS) is 12.6. The first-order valence-corrected chi connectivity index (χ1v) is 9.82. The summed E-state index contributed by atoms with van der Waals surface area (Å²) in [6.45, 7) is 1.80. The highest BCUT2D eigenvalue weighted by Gasteiger charge is 2.27. The van der Waals surface area contributed by atoms with E-state index in [-0.39, 0.29) is 23.7 Å². The molecule has 1 atom stereocenters. The second kappa shape index (κ2) is 8.46. The maximum absolute atomic E-state index is 12.5. The molecule has 1 unspecified atom stereocenters. The van der Waals surface area contributed by atoms with Gasteiger partial charge in [-0.2, -0.15) is 4.72 Å². The molecule has 0 amide bonds. The number of esters is 1. The number of halogens is 1. The van der Waals surface area contributed by atoms with Crippen molar-refractivity contribution in [2.45, 2.75) is 24.3 Å². The summed E-state index contributed by atoms with van der Waals surface area (Å²) in [4.78, 5) is 12.2. The SMILES string of the molecule is CCOC(=O)C(Cc1ccc(O)cc1)NS(=O)(=O)c1ccc(Br)cc1. The molecule has 0 aliphatic carbocycles. The zero-order valence-corrected chi connectivity index (χ0v) is 15.9. The number of phenols is 1. The molecule has 0 radical (unpaired) electrons. The van der Waals surface area contributed by atoms with Crippen LogP contribution in [-0.4, -0.2) is 32.1 Å². The van der Waals surface area contributed by atoms with E-state index in [0.717, 1.165) is 4.47 Å². The van der Waals surface area contributed by atoms with E-state index < -0.39 is 22.0 Å². The quantitative estimate of drug-likeness (QED) is 0.662. The lowest BCUT2D eigenvalue weighted by molar-refractivity contribution is -0.145. The molecule has 2 N–H and O–H groups in total. The standard InChI is InChI=1S/C17H18BrNO5S/c1-2-24-17(21)16(11-12-3-7-14(20)8-4-12)19-25(22,23)15-9-5-13(18)6-10-15/h3-10,16,19-20H,2,11H2,1H3. The molecule has 0 aromatic heterocycles. The lowest BCUT2D eigenvalue weighted by atomic mass is 10.1. The first-order valence-electron chi connectivity index (χ1n) is 7.54. The van der Waals surface area contributed by atoms with Gasteiger partial charge in [0, 0.05) is 4.47 Å². The number of carbonyl (C=O) groups is 1. The second-order valence-corrected chi connectivity index (χ2v) is 7.88. The van der Waals surface area contributed by atoms with Crippen LogP contribution in [0.4, 0.5) is 0 Å². The molecular formula is C17H18BrNO5S. The maximum atomic E-state index is 12.5. The van der Waals surface area contributed by atoms with Crippen LogP contribution in [0.25, 0.3) is 0 Å². The van der Waals surface area contributed by atoms with Gasteiger partial charge >= 0.3 is 5.97 Å². The monoisotopic (exact) mass is 427 g/mol. The van der Waals surface area contributed by atoms with Crippen molar-refractivity contribution in [2.24, 2.45) is 0 Å². The summed E-state index contributed by atoms with van der Waals surface area (Å²) in [6.07, 6.45) is 0.106. The molecule has 0 heterocycles. The van der Waals surface area contributed by atoms with Crippen molar-refractivity contribution in [3.05, 3.63) is 58.6 Å². The molecule has 2 aromatic rings. The molecule has 6 nitrogen and oxygen atoms in total. The Hall–Kier alpha value is -1.90. The molecule has 134 valence electrons. The minimum absolute atomic E-state index is 0.0516. The highest BCUT2D eigenvalue weighted by molar-refractivity contribution is 9.10. The largest absolute Gasteiger partial charge is 0.508 e. The number of rotatable bonds is 7. The molecule has 0 spiro atoms. The van der Waals surface area contributed by atoms with Crippen molar-refractivity contribution < 1.29 is 23.1 Å². The van der Waals surface area contributed by atoms with Crippen LogP contribution in [0.1, 0.15) is 12.5 Å². The van der Waals surface area contributed by atoms with Gasteiger partial charge in [-0.15, -0.1) is 0 Å². The number of benzene rings is 2. The van der Waals surface area contributed by atoms with Crippen molar-refractivity contribution in [2.75, 3.05) is 6.61 Å². The van der Waals surface area contributed by atoms with Crippen LogP contribution in [0, 0.1) is 0 Å². The Bertz CT molecular complexity index is 819. The van der Waals surface area contributed by atoms with Crippen molar-refractivity contribution in [3.63, 3.8) is 0 Å². The Morgan fingerprint density at radius 1 is 1.16 bits per heavy atom. The van der Waals surface area contributed by atoms with E-state index in [9.17, 15) is 18.3 Å². The number of phenolic OH excluding ortho intramolecular Hbond substituents is 1. The average Bonchev–Trinajstić information content (AvgIpc) is 2.56. The molecule has 0 fully saturated rings. The van der Waals surface area contributed by atoms with Gasteiger partial charge < -0.3 is 9.84 Å². The number of hydrogen-bond acceptors (Lipinski definition) is 5. The van der Waals surface area contributed by atoms with Crippen LogP contribution in [0.2, 0.25) is 0 Å². The van der Waals surface area contributed by atoms with Crippen molar-refractivity contribution in [1.29, 1.82) is 0 Å². The lowest BCUT2D eigenvalue weighted by Crippen LogP contribution is -2.43. The number of carbonyl (C=O) groups excluding carboxylic acids is 1. The number of sulfonamides is 1. The van der Waals surface area contributed by atoms with Gasteiger partial charge in [0.15, 0.2) is 0 Å². The van der Waals surface area contributed by atoms with Gasteiger partial charge in [0.2, 0.25) is 10.0 Å². The van der Waals surface area contributed by atoms with Crippen LogP contribution in [0.15, 0.2) is 57.9 Å². The van der Waals surface area contributed by atoms with Gasteiger partial charge in [0.05, 0.1) is 11.5 Å². The molecule has 0 saturated heterocycles. The zero-order valence-electron chi connectivity index (χ0n) is 13.5. The Morgan fingerprint density at radius 3 is 2.32 bits per heavy atom. The van der Waals surface area contributed by atoms with E-state index in [1.165, 1.54) is 24.3 Å². The Labute approximate surface area is 155 Å². The Kier molecular flexibility index (Phi) is 6.57. The van der Waals surface area contributed by atoms with E-state index in [0.29, 0.717) is 5.56 Å². The maximum Gasteiger partial charge on any atom is 0.324 e. The predicted molar refractivity (Wildman–Crippen MR) is 96.7 cm³/mol. The molecule has 25 heavy (non-hydrogen) atoms. The van der Waals surface area contributed by atoms with Crippen LogP contribution in [0.3, 0.4) is 0 Å². The molecule has 0 bridgehead atoms. The highest BCUT2D eigenvalue weighted by Crippen LogP contribution is 2.17. The summed E-state index contributed by atoms with van der Waals surface area (Å²) in [5.74, 6) is -0.567. The first kappa shape index (κ1) is 19.4. The van der Waals surface area contributed by atoms with Gasteiger partial charge in [-0.1, -0.05) is 28.1 Å². The predicted octanol–water partition coefficient (Wildman–Crippen LogP) is 2.61. The zero-order chi connectivity index (χ0) is 18.4. The molecule has 2 rings (SSSR count). The van der Waals surface area contributed by atoms with Crippen LogP contribution in [-0.2, 0) is 26.0 Å². The van der Waals surface area contributed by atoms with Crippen LogP contribution in [0.5, 0.6) is 5.75 Å². The van der Waals surface area contributed by atoms with Gasteiger partial charge in [0.25, 0.3) is 0 Å². The van der Waals surface area contributed by atoms with Gasteiger partial charge in [-0.3, -0.25) is 4.79 Å². The molecular weight excluding hydrogens is 410 g/mol. The highest BCUT2D eigenvalue weighted by atomic mass is 79.9. The fraction of sp³-hybridized carbons (Fsp3) is 0.235. The van der Waals surface area contributed by atoms with E-state index in [2.05, 4.69) is 20.7 Å². The third-order valence-corrected chi connectivity index (χ3v) is 5.38. The number of ether oxygens (including phenoxy) is 1. The summed E-state index contributed by atoms with van der Waals surface area (Å²) in [5.41, 5.74) is 0.689. The van der Waals surface area contributed by atoms with Crippen molar-refractivity contribution in [1.82, 2.24) is 4.72 Å². The first-order chi connectivity index (χ1) is 11.8. The van der Waals surface area contributed by atoms with Crippen molar-refractivity contribution >= 4 is 31.9 Å². The van der Waals surface area contributed by atoms with Crippen LogP contribution < -0.4 is 4.72 Å². The minimum atomic E-state index is -3.89. The minimum Gasteiger partial charge on any atom is -0.508 e. The fourth-order valence-electron chi connectivity index (χ4n) is 2.15. The molecule has 8 heteroatoms. The summed E-state index contributed by atoms with van der Waals surface area (Å²) in [6, 6.07) is 11.2. The Balaban J connectivity index is 2.24. The van der Waals surface area contributed by atoms with Gasteiger partial charge in [-0.05, 0) is 55.3 Å². The molecule has 2 aromatic carbocycles. The van der Waals surface area contributed by atoms with E-state index in [4.69, 9.17) is 4.74 Å². The molecule has 0 saturated carbocycles. The second-order valence-electron chi connectivity index (χ2n) is 5.25. The number of nitrogens with one attached hydrogen (secondary N) is 1.